The summed E-state index contributed by atoms with van der Waals surface area (Å²) in [6.07, 6.45) is 5.14. The van der Waals surface area contributed by atoms with Gasteiger partial charge in [0.05, 0.1) is 17.5 Å². The van der Waals surface area contributed by atoms with Crippen LogP contribution >= 0.6 is 0 Å². The highest BCUT2D eigenvalue weighted by Gasteiger charge is 2.47. The van der Waals surface area contributed by atoms with Gasteiger partial charge in [0.15, 0.2) is 0 Å². The quantitative estimate of drug-likeness (QED) is 0.684. The number of carbonyl (C=O) groups excluding carboxylic acids is 3. The summed E-state index contributed by atoms with van der Waals surface area (Å²) in [6, 6.07) is 15.7. The van der Waals surface area contributed by atoms with E-state index in [1.807, 2.05) is 18.2 Å². The Bertz CT molecular complexity index is 878. The zero-order valence-corrected chi connectivity index (χ0v) is 14.1. The van der Waals surface area contributed by atoms with Gasteiger partial charge in [-0.05, 0) is 43.2 Å². The highest BCUT2D eigenvalue weighted by molar-refractivity contribution is 6.22. The number of nitrogens with one attached hydrogen (secondary N) is 1. The first kappa shape index (κ1) is 16.3. The molecule has 1 N–H and O–H groups in total. The summed E-state index contributed by atoms with van der Waals surface area (Å²) >= 11 is 0. The molecule has 1 aliphatic carbocycles. The van der Waals surface area contributed by atoms with Crippen molar-refractivity contribution < 1.29 is 14.4 Å². The molecule has 5 heteroatoms. The number of fused-ring (bicyclic) bond motifs is 1. The van der Waals surface area contributed by atoms with Gasteiger partial charge in [-0.25, -0.2) is 4.90 Å². The topological polar surface area (TPSA) is 66.5 Å². The van der Waals surface area contributed by atoms with Gasteiger partial charge in [-0.3, -0.25) is 14.4 Å². The maximum Gasteiger partial charge on any atom is 0.255 e. The van der Waals surface area contributed by atoms with E-state index in [4.69, 9.17) is 0 Å². The molecular formula is C21H18N2O3. The van der Waals surface area contributed by atoms with Crippen molar-refractivity contribution in [2.45, 2.75) is 12.8 Å². The van der Waals surface area contributed by atoms with E-state index in [1.165, 1.54) is 4.90 Å². The van der Waals surface area contributed by atoms with Crippen LogP contribution in [-0.2, 0) is 9.59 Å². The number of carbonyl (C=O) groups is 3. The van der Waals surface area contributed by atoms with Crippen molar-refractivity contribution in [1.82, 2.24) is 0 Å². The minimum absolute atomic E-state index is 0.157. The summed E-state index contributed by atoms with van der Waals surface area (Å²) in [5.41, 5.74) is 1.59. The van der Waals surface area contributed by atoms with Crippen molar-refractivity contribution in [3.05, 3.63) is 72.3 Å². The zero-order valence-electron chi connectivity index (χ0n) is 14.1. The van der Waals surface area contributed by atoms with Crippen LogP contribution in [0.2, 0.25) is 0 Å². The fourth-order valence-corrected chi connectivity index (χ4v) is 3.57. The van der Waals surface area contributed by atoms with Gasteiger partial charge in [0.1, 0.15) is 0 Å². The molecule has 26 heavy (non-hydrogen) atoms. The van der Waals surface area contributed by atoms with Crippen LogP contribution in [0.1, 0.15) is 23.2 Å². The van der Waals surface area contributed by atoms with Crippen LogP contribution in [0.15, 0.2) is 66.7 Å². The first-order valence-electron chi connectivity index (χ1n) is 8.64. The SMILES string of the molecule is O=C(Nc1cccc(N2C(=O)[C@H]3CC=CC[C@H]3C2=O)c1)c1ccccc1. The fraction of sp³-hybridized carbons (Fsp3) is 0.190. The van der Waals surface area contributed by atoms with Gasteiger partial charge in [-0.2, -0.15) is 0 Å². The lowest BCUT2D eigenvalue weighted by molar-refractivity contribution is -0.122. The minimum Gasteiger partial charge on any atom is -0.322 e. The van der Waals surface area contributed by atoms with Crippen LogP contribution in [0.4, 0.5) is 11.4 Å². The number of allylic oxidation sites excluding steroid dienone is 2. The van der Waals surface area contributed by atoms with E-state index in [-0.39, 0.29) is 29.6 Å². The van der Waals surface area contributed by atoms with Gasteiger partial charge in [-0.1, -0.05) is 36.4 Å². The molecule has 1 aliphatic heterocycles. The summed E-state index contributed by atoms with van der Waals surface area (Å²) in [5, 5.41) is 2.81. The van der Waals surface area contributed by atoms with Crippen molar-refractivity contribution in [2.24, 2.45) is 11.8 Å². The fourth-order valence-electron chi connectivity index (χ4n) is 3.57. The third-order valence-electron chi connectivity index (χ3n) is 4.91. The molecule has 0 aromatic heterocycles. The molecular weight excluding hydrogens is 328 g/mol. The van der Waals surface area contributed by atoms with Gasteiger partial charge in [-0.15, -0.1) is 0 Å². The molecule has 0 radical (unpaired) electrons. The normalized spacial score (nSPS) is 21.6. The van der Waals surface area contributed by atoms with Crippen molar-refractivity contribution in [3.8, 4) is 0 Å². The lowest BCUT2D eigenvalue weighted by Crippen LogP contribution is -2.30. The predicted octanol–water partition coefficient (Wildman–Crippen LogP) is 3.39. The molecule has 0 spiro atoms. The van der Waals surface area contributed by atoms with E-state index < -0.39 is 0 Å². The summed E-state index contributed by atoms with van der Waals surface area (Å²) in [5.74, 6) is -1.09. The van der Waals surface area contributed by atoms with Crippen LogP contribution in [0.3, 0.4) is 0 Å². The molecule has 2 aromatic carbocycles. The van der Waals surface area contributed by atoms with E-state index in [9.17, 15) is 14.4 Å². The maximum atomic E-state index is 12.7. The molecule has 0 unspecified atom stereocenters. The Morgan fingerprint density at radius 2 is 1.54 bits per heavy atom. The van der Waals surface area contributed by atoms with Gasteiger partial charge >= 0.3 is 0 Å². The number of nitrogens with zero attached hydrogens (tertiary/aromatic N) is 1. The number of hydrogen-bond donors (Lipinski definition) is 1. The summed E-state index contributed by atoms with van der Waals surface area (Å²) in [7, 11) is 0. The van der Waals surface area contributed by atoms with Crippen LogP contribution in [0, 0.1) is 11.8 Å². The number of imide groups is 1. The van der Waals surface area contributed by atoms with Gasteiger partial charge in [0.25, 0.3) is 5.91 Å². The number of benzene rings is 2. The second-order valence-electron chi connectivity index (χ2n) is 6.54. The van der Waals surface area contributed by atoms with Crippen LogP contribution in [-0.4, -0.2) is 17.7 Å². The Labute approximate surface area is 151 Å². The van der Waals surface area contributed by atoms with Gasteiger partial charge < -0.3 is 5.32 Å². The molecule has 3 amide bonds. The molecule has 2 aromatic rings. The Morgan fingerprint density at radius 3 is 2.19 bits per heavy atom. The average molecular weight is 346 g/mol. The molecule has 0 saturated carbocycles. The monoisotopic (exact) mass is 346 g/mol. The minimum atomic E-state index is -0.268. The summed E-state index contributed by atoms with van der Waals surface area (Å²) in [6.45, 7) is 0. The van der Waals surface area contributed by atoms with E-state index >= 15 is 0 Å². The molecule has 1 fully saturated rings. The molecule has 5 nitrogen and oxygen atoms in total. The predicted molar refractivity (Wildman–Crippen MR) is 98.7 cm³/mol. The molecule has 1 saturated heterocycles. The first-order valence-corrected chi connectivity index (χ1v) is 8.64. The molecule has 4 rings (SSSR count). The highest BCUT2D eigenvalue weighted by atomic mass is 16.2. The lowest BCUT2D eigenvalue weighted by atomic mass is 9.85. The standard InChI is InChI=1S/C21H18N2O3/c24-19(14-7-2-1-3-8-14)22-15-9-6-10-16(13-15)23-20(25)17-11-4-5-12-18(17)21(23)26/h1-10,13,17-18H,11-12H2,(H,22,24)/t17-,18+. The Kier molecular flexibility index (Phi) is 4.13. The Morgan fingerprint density at radius 1 is 0.885 bits per heavy atom. The molecule has 130 valence electrons. The lowest BCUT2D eigenvalue weighted by Gasteiger charge is -2.16. The van der Waals surface area contributed by atoms with Crippen molar-refractivity contribution in [1.29, 1.82) is 0 Å². The van der Waals surface area contributed by atoms with E-state index in [1.54, 1.807) is 48.5 Å². The first-order chi connectivity index (χ1) is 12.6. The van der Waals surface area contributed by atoms with E-state index in [0.717, 1.165) is 0 Å². The van der Waals surface area contributed by atoms with Crippen molar-refractivity contribution >= 4 is 29.1 Å². The van der Waals surface area contributed by atoms with Crippen molar-refractivity contribution in [2.75, 3.05) is 10.2 Å². The third kappa shape index (κ3) is 2.81. The summed E-state index contributed by atoms with van der Waals surface area (Å²) in [4.78, 5) is 39.0. The molecule has 0 bridgehead atoms. The smallest absolute Gasteiger partial charge is 0.255 e. The van der Waals surface area contributed by atoms with Crippen LogP contribution in [0.5, 0.6) is 0 Å². The summed E-state index contributed by atoms with van der Waals surface area (Å²) < 4.78 is 0. The van der Waals surface area contributed by atoms with Gasteiger partial charge in [0.2, 0.25) is 11.8 Å². The second-order valence-corrected chi connectivity index (χ2v) is 6.54. The molecule has 2 atom stereocenters. The Balaban J connectivity index is 1.57. The van der Waals surface area contributed by atoms with E-state index in [2.05, 4.69) is 5.32 Å². The zero-order chi connectivity index (χ0) is 18.1. The Hall–Kier alpha value is -3.21. The van der Waals surface area contributed by atoms with Crippen LogP contribution in [0.25, 0.3) is 0 Å². The number of rotatable bonds is 3. The second kappa shape index (κ2) is 6.59. The van der Waals surface area contributed by atoms with Crippen molar-refractivity contribution in [3.63, 3.8) is 0 Å². The largest absolute Gasteiger partial charge is 0.322 e. The van der Waals surface area contributed by atoms with Gasteiger partial charge in [0, 0.05) is 11.3 Å². The molecule has 2 aliphatic rings. The number of hydrogen-bond acceptors (Lipinski definition) is 3. The number of anilines is 2. The maximum absolute atomic E-state index is 12.7. The number of amides is 3. The van der Waals surface area contributed by atoms with E-state index in [0.29, 0.717) is 29.8 Å². The highest BCUT2D eigenvalue weighted by Crippen LogP contribution is 2.38. The van der Waals surface area contributed by atoms with Crippen LogP contribution < -0.4 is 10.2 Å². The average Bonchev–Trinajstić information content (AvgIpc) is 2.94. The third-order valence-corrected chi connectivity index (χ3v) is 4.91. The molecule has 1 heterocycles.